The first-order chi connectivity index (χ1) is 27.1. The standard InChI is InChI=1S/C42H68O16/c1-18-9-10-42(37(54)58-36-32(52)30(50)28(48)24(57-36)16-55-35-31(51)29(49)27(47)23(15-43)56-35)12-11-40(5)20(26(42)19(18)2)7-8-25-38(3)13-22(46)34(53)39(4,17-44)33(38)21(45)14-41(25,40)6/h7,18-19,21-36,43-53H,8-17H2,1-6H3/t18-,19+,21-,22-,23-,24-,25-,26+,27-,28-,29+,30+,31-,32-,33?,34+,35-,36+,38-,39+,40-,41-,42+/m1/s1. The molecular formula is C42H68O16. The smallest absolute Gasteiger partial charge is 0.315 e. The summed E-state index contributed by atoms with van der Waals surface area (Å²) in [5.74, 6) is -1.10. The zero-order valence-corrected chi connectivity index (χ0v) is 34.5. The first kappa shape index (κ1) is 44.7. The quantitative estimate of drug-likeness (QED) is 0.109. The minimum absolute atomic E-state index is 0.0215. The summed E-state index contributed by atoms with van der Waals surface area (Å²) in [5, 5.41) is 118. The second kappa shape index (κ2) is 15.5. The normalized spacial score (nSPS) is 56.9. The van der Waals surface area contributed by atoms with Gasteiger partial charge in [-0.15, -0.1) is 0 Å². The van der Waals surface area contributed by atoms with Gasteiger partial charge in [-0.25, -0.2) is 0 Å². The Balaban J connectivity index is 1.16. The second-order valence-corrected chi connectivity index (χ2v) is 20.3. The van der Waals surface area contributed by atoms with Crippen molar-refractivity contribution in [2.24, 2.45) is 56.7 Å². The first-order valence-corrected chi connectivity index (χ1v) is 21.3. The molecule has 6 fully saturated rings. The summed E-state index contributed by atoms with van der Waals surface area (Å²) in [6, 6.07) is 0. The third-order valence-corrected chi connectivity index (χ3v) is 17.5. The number of allylic oxidation sites excluding steroid dienone is 2. The molecule has 0 spiro atoms. The van der Waals surface area contributed by atoms with Crippen molar-refractivity contribution >= 4 is 5.97 Å². The summed E-state index contributed by atoms with van der Waals surface area (Å²) in [6.45, 7) is 11.0. The van der Waals surface area contributed by atoms with E-state index in [-0.39, 0.29) is 36.7 Å². The van der Waals surface area contributed by atoms with E-state index in [0.29, 0.717) is 32.1 Å². The van der Waals surface area contributed by atoms with Crippen LogP contribution in [0.1, 0.15) is 86.5 Å². The number of ether oxygens (including phenoxy) is 4. The van der Waals surface area contributed by atoms with Crippen LogP contribution < -0.4 is 0 Å². The molecule has 0 aromatic carbocycles. The highest BCUT2D eigenvalue weighted by Gasteiger charge is 2.73. The summed E-state index contributed by atoms with van der Waals surface area (Å²) >= 11 is 0. The monoisotopic (exact) mass is 828 g/mol. The van der Waals surface area contributed by atoms with E-state index in [1.54, 1.807) is 6.92 Å². The van der Waals surface area contributed by atoms with Crippen LogP contribution in [0.25, 0.3) is 0 Å². The number of esters is 1. The molecule has 2 heterocycles. The molecule has 0 bridgehead atoms. The molecule has 16 nitrogen and oxygen atoms in total. The number of carbonyl (C=O) groups is 1. The molecule has 2 aliphatic heterocycles. The Kier molecular flexibility index (Phi) is 11.9. The molecule has 58 heavy (non-hydrogen) atoms. The van der Waals surface area contributed by atoms with Crippen LogP contribution in [-0.2, 0) is 23.7 Å². The zero-order chi connectivity index (χ0) is 42.7. The van der Waals surface area contributed by atoms with Crippen molar-refractivity contribution in [2.75, 3.05) is 19.8 Å². The third-order valence-electron chi connectivity index (χ3n) is 17.5. The average molecular weight is 829 g/mol. The molecular weight excluding hydrogens is 760 g/mol. The van der Waals surface area contributed by atoms with Crippen molar-refractivity contribution in [3.05, 3.63) is 11.6 Å². The van der Waals surface area contributed by atoms with Gasteiger partial charge >= 0.3 is 5.97 Å². The molecule has 23 atom stereocenters. The molecule has 332 valence electrons. The van der Waals surface area contributed by atoms with Gasteiger partial charge < -0.3 is 75.1 Å². The molecule has 4 saturated carbocycles. The summed E-state index contributed by atoms with van der Waals surface area (Å²) in [7, 11) is 0. The maximum absolute atomic E-state index is 14.8. The van der Waals surface area contributed by atoms with Gasteiger partial charge in [-0.05, 0) is 84.9 Å². The van der Waals surface area contributed by atoms with Crippen molar-refractivity contribution in [1.29, 1.82) is 0 Å². The predicted molar refractivity (Wildman–Crippen MR) is 202 cm³/mol. The van der Waals surface area contributed by atoms with E-state index < -0.39 is 132 Å². The minimum Gasteiger partial charge on any atom is -0.432 e. The fourth-order valence-corrected chi connectivity index (χ4v) is 13.9. The molecule has 16 heteroatoms. The van der Waals surface area contributed by atoms with E-state index in [1.807, 2.05) is 0 Å². The van der Waals surface area contributed by atoms with Crippen LogP contribution in [0.15, 0.2) is 11.6 Å². The molecule has 0 aromatic rings. The number of rotatable bonds is 7. The lowest BCUT2D eigenvalue weighted by Crippen LogP contribution is -2.71. The highest BCUT2D eigenvalue weighted by Crippen LogP contribution is 2.76. The summed E-state index contributed by atoms with van der Waals surface area (Å²) in [5.41, 5.74) is -2.64. The van der Waals surface area contributed by atoms with Crippen molar-refractivity contribution in [1.82, 2.24) is 0 Å². The Bertz CT molecular complexity index is 1560. The Morgan fingerprint density at radius 2 is 1.40 bits per heavy atom. The van der Waals surface area contributed by atoms with E-state index in [2.05, 4.69) is 40.7 Å². The molecule has 5 aliphatic carbocycles. The fourth-order valence-electron chi connectivity index (χ4n) is 13.9. The van der Waals surface area contributed by atoms with E-state index in [0.717, 1.165) is 12.0 Å². The van der Waals surface area contributed by atoms with E-state index in [4.69, 9.17) is 18.9 Å². The van der Waals surface area contributed by atoms with Gasteiger partial charge in [-0.1, -0.05) is 53.2 Å². The number of fused-ring (bicyclic) bond motifs is 7. The molecule has 2 saturated heterocycles. The van der Waals surface area contributed by atoms with Crippen LogP contribution in [0, 0.1) is 56.7 Å². The largest absolute Gasteiger partial charge is 0.432 e. The number of carbonyl (C=O) groups excluding carboxylic acids is 1. The maximum atomic E-state index is 14.8. The molecule has 7 aliphatic rings. The number of hydrogen-bond acceptors (Lipinski definition) is 16. The molecule has 0 radical (unpaired) electrons. The van der Waals surface area contributed by atoms with Crippen molar-refractivity contribution in [3.8, 4) is 0 Å². The van der Waals surface area contributed by atoms with Gasteiger partial charge in [-0.3, -0.25) is 4.79 Å². The molecule has 11 N–H and O–H groups in total. The lowest BCUT2D eigenvalue weighted by atomic mass is 9.32. The molecule has 0 amide bonds. The van der Waals surface area contributed by atoms with Gasteiger partial charge in [0, 0.05) is 11.3 Å². The van der Waals surface area contributed by atoms with E-state index >= 15 is 0 Å². The predicted octanol–water partition coefficient (Wildman–Crippen LogP) is -0.914. The third kappa shape index (κ3) is 6.33. The van der Waals surface area contributed by atoms with E-state index in [1.165, 1.54) is 0 Å². The number of aliphatic hydroxyl groups is 11. The minimum atomic E-state index is -1.83. The van der Waals surface area contributed by atoms with Gasteiger partial charge in [0.05, 0.1) is 43.5 Å². The van der Waals surface area contributed by atoms with Crippen LogP contribution >= 0.6 is 0 Å². The van der Waals surface area contributed by atoms with Crippen LogP contribution in [0.2, 0.25) is 0 Å². The van der Waals surface area contributed by atoms with Gasteiger partial charge in [0.25, 0.3) is 0 Å². The van der Waals surface area contributed by atoms with Gasteiger partial charge in [0.2, 0.25) is 6.29 Å². The number of aliphatic hydroxyl groups excluding tert-OH is 11. The van der Waals surface area contributed by atoms with Crippen molar-refractivity contribution in [2.45, 2.75) is 166 Å². The topological polar surface area (TPSA) is 277 Å². The summed E-state index contributed by atoms with van der Waals surface area (Å²) in [4.78, 5) is 14.8. The first-order valence-electron chi connectivity index (χ1n) is 21.3. The average Bonchev–Trinajstić information content (AvgIpc) is 3.17. The SMILES string of the molecule is C[C@H]1[C@H](C)CC[C@]2(C(=O)O[C@@H]3O[C@H](CO[C@@H]4O[C@H](CO)[C@@H](O)[C@H](O)[C@H]4O)[C@@H](O)[C@H](O)[C@H]3O)CC[C@]3(C)C(=CC[C@@H]4[C@@]5(C)C[C@@H](O)[C@H](O)[C@@](C)(CO)C5[C@H](O)C[C@]43C)[C@H]12. The lowest BCUT2D eigenvalue weighted by Gasteiger charge is -2.72. The Hall–Kier alpha value is -1.35. The van der Waals surface area contributed by atoms with Crippen LogP contribution in [0.4, 0.5) is 0 Å². The molecule has 0 aromatic heterocycles. The highest BCUT2D eigenvalue weighted by atomic mass is 16.7. The van der Waals surface area contributed by atoms with Gasteiger partial charge in [-0.2, -0.15) is 0 Å². The van der Waals surface area contributed by atoms with Crippen LogP contribution in [-0.4, -0.2) is 162 Å². The number of hydrogen-bond donors (Lipinski definition) is 11. The van der Waals surface area contributed by atoms with Gasteiger partial charge in [0.1, 0.15) is 48.8 Å². The lowest BCUT2D eigenvalue weighted by molar-refractivity contribution is -0.328. The summed E-state index contributed by atoms with van der Waals surface area (Å²) in [6.07, 6.45) is -13.7. The van der Waals surface area contributed by atoms with Crippen molar-refractivity contribution < 1.29 is 79.9 Å². The van der Waals surface area contributed by atoms with Crippen molar-refractivity contribution in [3.63, 3.8) is 0 Å². The second-order valence-electron chi connectivity index (χ2n) is 20.3. The van der Waals surface area contributed by atoms with E-state index in [9.17, 15) is 61.0 Å². The molecule has 7 rings (SSSR count). The van der Waals surface area contributed by atoms with Crippen LogP contribution in [0.5, 0.6) is 0 Å². The van der Waals surface area contributed by atoms with Gasteiger partial charge in [0.15, 0.2) is 6.29 Å². The summed E-state index contributed by atoms with van der Waals surface area (Å²) < 4.78 is 22.9. The Morgan fingerprint density at radius 3 is 2.03 bits per heavy atom. The molecule has 1 unspecified atom stereocenters. The maximum Gasteiger partial charge on any atom is 0.315 e. The van der Waals surface area contributed by atoms with Crippen LogP contribution in [0.3, 0.4) is 0 Å². The Morgan fingerprint density at radius 1 is 0.776 bits per heavy atom. The highest BCUT2D eigenvalue weighted by molar-refractivity contribution is 5.79. The Labute approximate surface area is 339 Å². The zero-order valence-electron chi connectivity index (χ0n) is 34.5. The fraction of sp³-hybridized carbons (Fsp3) is 0.929.